The first kappa shape index (κ1) is 31.8. The Hall–Kier alpha value is -5.12. The van der Waals surface area contributed by atoms with Gasteiger partial charge in [-0.05, 0) is 62.6 Å². The van der Waals surface area contributed by atoms with Gasteiger partial charge < -0.3 is 24.4 Å². The highest BCUT2D eigenvalue weighted by molar-refractivity contribution is 5.96. The number of anilines is 1. The normalized spacial score (nSPS) is 16.6. The first-order valence-electron chi connectivity index (χ1n) is 15.8. The molecule has 1 saturated heterocycles. The predicted octanol–water partition coefficient (Wildman–Crippen LogP) is 7.55. The summed E-state index contributed by atoms with van der Waals surface area (Å²) in [7, 11) is 1.88. The van der Waals surface area contributed by atoms with Gasteiger partial charge in [0.1, 0.15) is 30.7 Å². The highest BCUT2D eigenvalue weighted by Gasteiger charge is 2.33. The number of benzene rings is 3. The number of carbonyl (C=O) groups is 1. The number of fused-ring (bicyclic) bond motifs is 1. The van der Waals surface area contributed by atoms with Crippen molar-refractivity contribution in [2.24, 2.45) is 7.05 Å². The number of hydrogen-bond donors (Lipinski definition) is 1. The largest absolute Gasteiger partial charge is 0.473 e. The van der Waals surface area contributed by atoms with Gasteiger partial charge in [0, 0.05) is 30.7 Å². The summed E-state index contributed by atoms with van der Waals surface area (Å²) in [6, 6.07) is 29.0. The van der Waals surface area contributed by atoms with E-state index < -0.39 is 23.9 Å². The van der Waals surface area contributed by atoms with Crippen LogP contribution in [0, 0.1) is 0 Å². The van der Waals surface area contributed by atoms with E-state index in [9.17, 15) is 4.79 Å². The Labute approximate surface area is 274 Å². The highest BCUT2D eigenvalue weighted by atomic mass is 19.1. The predicted molar refractivity (Wildman–Crippen MR) is 180 cm³/mol. The second-order valence-electron chi connectivity index (χ2n) is 12.7. The van der Waals surface area contributed by atoms with Crippen LogP contribution in [0.2, 0.25) is 0 Å². The van der Waals surface area contributed by atoms with E-state index in [2.05, 4.69) is 5.32 Å². The van der Waals surface area contributed by atoms with Gasteiger partial charge >= 0.3 is 6.09 Å². The number of halogens is 1. The molecule has 0 aliphatic carbocycles. The molecule has 244 valence electrons. The van der Waals surface area contributed by atoms with Gasteiger partial charge in [-0.2, -0.15) is 10.1 Å². The Bertz CT molecular complexity index is 1820. The van der Waals surface area contributed by atoms with E-state index in [0.717, 1.165) is 33.3 Å². The molecule has 10 heteroatoms. The van der Waals surface area contributed by atoms with Crippen molar-refractivity contribution in [3.05, 3.63) is 102 Å². The van der Waals surface area contributed by atoms with E-state index in [-0.39, 0.29) is 6.54 Å². The lowest BCUT2D eigenvalue weighted by atomic mass is 10.0. The van der Waals surface area contributed by atoms with Crippen LogP contribution in [0.15, 0.2) is 91.0 Å². The fourth-order valence-corrected chi connectivity index (χ4v) is 5.57. The Morgan fingerprint density at radius 3 is 2.28 bits per heavy atom. The summed E-state index contributed by atoms with van der Waals surface area (Å²) in [5, 5.41) is 9.10. The van der Waals surface area contributed by atoms with Gasteiger partial charge in [-0.15, -0.1) is 0 Å². The van der Waals surface area contributed by atoms with E-state index in [4.69, 9.17) is 24.3 Å². The molecule has 0 unspecified atom stereocenters. The molecule has 9 nitrogen and oxygen atoms in total. The molecule has 1 amide bonds. The van der Waals surface area contributed by atoms with Crippen molar-refractivity contribution < 1.29 is 23.4 Å². The standard InChI is InChI=1S/C37H40FN5O4/c1-37(2,3)47-36(44)43-20-19-31(30(38)22-43)39-27-15-16-28-32(21-27)42(4)41-34(28)29-17-18-33(45-23-25-11-7-5-8-12-25)40-35(29)46-24-26-13-9-6-10-14-26/h5-18,21,30-31,39H,19-20,22-24H2,1-4H3/t30-,31-/m0/s1. The maximum absolute atomic E-state index is 15.3. The summed E-state index contributed by atoms with van der Waals surface area (Å²) >= 11 is 0. The number of nitrogens with zero attached hydrogens (tertiary/aromatic N) is 4. The number of rotatable bonds is 9. The molecule has 0 bridgehead atoms. The van der Waals surface area contributed by atoms with Gasteiger partial charge in [-0.3, -0.25) is 4.68 Å². The highest BCUT2D eigenvalue weighted by Crippen LogP contribution is 2.36. The molecule has 5 aromatic rings. The van der Waals surface area contributed by atoms with Gasteiger partial charge in [0.2, 0.25) is 11.8 Å². The molecular formula is C37H40FN5O4. The summed E-state index contributed by atoms with van der Waals surface area (Å²) < 4.78 is 34.8. The van der Waals surface area contributed by atoms with Gasteiger partial charge in [0.05, 0.1) is 23.7 Å². The molecule has 1 N–H and O–H groups in total. The van der Waals surface area contributed by atoms with Crippen molar-refractivity contribution in [1.82, 2.24) is 19.7 Å². The third-order valence-electron chi connectivity index (χ3n) is 7.93. The Balaban J connectivity index is 1.22. The monoisotopic (exact) mass is 637 g/mol. The molecule has 1 aliphatic rings. The van der Waals surface area contributed by atoms with Crippen LogP contribution in [-0.2, 0) is 25.0 Å². The number of aromatic nitrogens is 3. The molecule has 6 rings (SSSR count). The molecule has 3 aromatic carbocycles. The van der Waals surface area contributed by atoms with Crippen LogP contribution >= 0.6 is 0 Å². The lowest BCUT2D eigenvalue weighted by Crippen LogP contribution is -2.51. The van der Waals surface area contributed by atoms with Crippen LogP contribution in [-0.4, -0.2) is 56.7 Å². The fourth-order valence-electron chi connectivity index (χ4n) is 5.57. The van der Waals surface area contributed by atoms with E-state index >= 15 is 4.39 Å². The van der Waals surface area contributed by atoms with Crippen LogP contribution in [0.1, 0.15) is 38.3 Å². The summed E-state index contributed by atoms with van der Waals surface area (Å²) in [4.78, 5) is 18.7. The number of piperidine rings is 1. The van der Waals surface area contributed by atoms with Crippen LogP contribution in [0.25, 0.3) is 22.2 Å². The molecule has 1 fully saturated rings. The van der Waals surface area contributed by atoms with Crippen molar-refractivity contribution >= 4 is 22.7 Å². The number of alkyl halides is 1. The molecule has 3 heterocycles. The number of carbonyl (C=O) groups excluding carboxylic acids is 1. The van der Waals surface area contributed by atoms with Crippen molar-refractivity contribution in [2.45, 2.75) is 58.2 Å². The van der Waals surface area contributed by atoms with Crippen LogP contribution in [0.3, 0.4) is 0 Å². The van der Waals surface area contributed by atoms with E-state index in [0.29, 0.717) is 43.6 Å². The average molecular weight is 638 g/mol. The number of aryl methyl sites for hydroxylation is 1. The van der Waals surface area contributed by atoms with Gasteiger partial charge in [0.25, 0.3) is 0 Å². The van der Waals surface area contributed by atoms with E-state index in [1.807, 2.05) is 98.0 Å². The second kappa shape index (κ2) is 13.7. The van der Waals surface area contributed by atoms with Crippen molar-refractivity contribution in [3.63, 3.8) is 0 Å². The van der Waals surface area contributed by atoms with E-state index in [1.165, 1.54) is 4.90 Å². The first-order chi connectivity index (χ1) is 22.6. The third-order valence-corrected chi connectivity index (χ3v) is 7.93. The first-order valence-corrected chi connectivity index (χ1v) is 15.8. The second-order valence-corrected chi connectivity index (χ2v) is 12.7. The van der Waals surface area contributed by atoms with Crippen LogP contribution in [0.5, 0.6) is 11.8 Å². The summed E-state index contributed by atoms with van der Waals surface area (Å²) in [6.45, 7) is 6.52. The molecule has 0 saturated carbocycles. The smallest absolute Gasteiger partial charge is 0.410 e. The lowest BCUT2D eigenvalue weighted by Gasteiger charge is -2.36. The zero-order valence-electron chi connectivity index (χ0n) is 27.2. The third kappa shape index (κ3) is 7.82. The van der Waals surface area contributed by atoms with Gasteiger partial charge in [-0.25, -0.2) is 9.18 Å². The Kier molecular flexibility index (Phi) is 9.29. The number of likely N-dealkylation sites (tertiary alicyclic amines) is 1. The summed E-state index contributed by atoms with van der Waals surface area (Å²) in [5.41, 5.74) is 4.52. The topological polar surface area (TPSA) is 90.7 Å². The molecule has 2 aromatic heterocycles. The minimum atomic E-state index is -1.24. The van der Waals surface area contributed by atoms with E-state index in [1.54, 1.807) is 25.5 Å². The minimum absolute atomic E-state index is 0.0193. The molecule has 1 aliphatic heterocycles. The summed E-state index contributed by atoms with van der Waals surface area (Å²) in [5.74, 6) is 0.865. The van der Waals surface area contributed by atoms with Crippen molar-refractivity contribution in [2.75, 3.05) is 18.4 Å². The molecule has 0 radical (unpaired) electrons. The Morgan fingerprint density at radius 1 is 0.936 bits per heavy atom. The van der Waals surface area contributed by atoms with Crippen molar-refractivity contribution in [3.8, 4) is 23.0 Å². The molecule has 2 atom stereocenters. The maximum atomic E-state index is 15.3. The Morgan fingerprint density at radius 2 is 1.62 bits per heavy atom. The zero-order chi connectivity index (χ0) is 33.0. The number of ether oxygens (including phenoxy) is 3. The van der Waals surface area contributed by atoms with Crippen LogP contribution in [0.4, 0.5) is 14.9 Å². The fraction of sp³-hybridized carbons (Fsp3) is 0.324. The molecule has 47 heavy (non-hydrogen) atoms. The number of hydrogen-bond acceptors (Lipinski definition) is 7. The maximum Gasteiger partial charge on any atom is 0.410 e. The lowest BCUT2D eigenvalue weighted by molar-refractivity contribution is 0.0125. The summed E-state index contributed by atoms with van der Waals surface area (Å²) in [6.07, 6.45) is -1.27. The number of pyridine rings is 1. The minimum Gasteiger partial charge on any atom is -0.473 e. The van der Waals surface area contributed by atoms with Gasteiger partial charge in [0.15, 0.2) is 0 Å². The van der Waals surface area contributed by atoms with Gasteiger partial charge in [-0.1, -0.05) is 60.7 Å². The zero-order valence-corrected chi connectivity index (χ0v) is 27.2. The SMILES string of the molecule is Cn1nc(-c2ccc(OCc3ccccc3)nc2OCc2ccccc2)c2ccc(N[C@H]3CCN(C(=O)OC(C)(C)C)C[C@@H]3F)cc21. The molecule has 0 spiro atoms. The molecular weight excluding hydrogens is 597 g/mol. The average Bonchev–Trinajstić information content (AvgIpc) is 3.39. The van der Waals surface area contributed by atoms with Crippen molar-refractivity contribution in [1.29, 1.82) is 0 Å². The number of nitrogens with one attached hydrogen (secondary N) is 1. The van der Waals surface area contributed by atoms with Crippen LogP contribution < -0.4 is 14.8 Å². The number of amides is 1. The quantitative estimate of drug-likeness (QED) is 0.178.